The largest absolute Gasteiger partial charge is 0.462 e. The van der Waals surface area contributed by atoms with Crippen molar-refractivity contribution in [3.63, 3.8) is 0 Å². The molecule has 0 bridgehead atoms. The molecular weight excluding hydrogens is 684 g/mol. The molecular formula is C40H64N2O11. The summed E-state index contributed by atoms with van der Waals surface area (Å²) in [5.41, 5.74) is -2.08. The van der Waals surface area contributed by atoms with E-state index < -0.39 is 53.5 Å². The molecule has 2 N–H and O–H groups in total. The average Bonchev–Trinajstić information content (AvgIpc) is 3.83. The van der Waals surface area contributed by atoms with Crippen LogP contribution in [0.5, 0.6) is 0 Å². The van der Waals surface area contributed by atoms with E-state index in [-0.39, 0.29) is 49.5 Å². The summed E-state index contributed by atoms with van der Waals surface area (Å²) in [7, 11) is 0. The van der Waals surface area contributed by atoms with Crippen molar-refractivity contribution in [3.05, 3.63) is 36.0 Å². The Morgan fingerprint density at radius 1 is 1.08 bits per heavy atom. The quantitative estimate of drug-likeness (QED) is 0.0916. The molecule has 2 saturated heterocycles. The predicted octanol–water partition coefficient (Wildman–Crippen LogP) is 4.88. The van der Waals surface area contributed by atoms with Gasteiger partial charge in [0.25, 0.3) is 0 Å². The molecule has 3 heterocycles. The zero-order valence-electron chi connectivity index (χ0n) is 33.4. The highest BCUT2D eigenvalue weighted by Gasteiger charge is 2.48. The number of nitrogens with zero attached hydrogens (tertiary/aromatic N) is 2. The monoisotopic (exact) mass is 748 g/mol. The second-order valence-electron chi connectivity index (χ2n) is 15.8. The number of amides is 1. The van der Waals surface area contributed by atoms with E-state index in [0.29, 0.717) is 37.5 Å². The van der Waals surface area contributed by atoms with E-state index in [1.165, 1.54) is 13.8 Å². The normalized spacial score (nSPS) is 32.1. The van der Waals surface area contributed by atoms with Crippen LogP contribution in [-0.2, 0) is 38.1 Å². The van der Waals surface area contributed by atoms with E-state index in [1.54, 1.807) is 49.1 Å². The second kappa shape index (κ2) is 19.4. The van der Waals surface area contributed by atoms with E-state index in [4.69, 9.17) is 23.7 Å². The number of rotatable bonds is 12. The molecule has 0 aromatic heterocycles. The number of cyclic esters (lactones) is 1. The Balaban J connectivity index is 1.79. The fourth-order valence-electron chi connectivity index (χ4n) is 7.13. The highest BCUT2D eigenvalue weighted by Crippen LogP contribution is 2.38. The smallest absolute Gasteiger partial charge is 0.410 e. The molecule has 53 heavy (non-hydrogen) atoms. The number of allylic oxidation sites excluding steroid dienone is 2. The molecule has 10 atom stereocenters. The lowest BCUT2D eigenvalue weighted by Crippen LogP contribution is -2.52. The number of carbonyl (C=O) groups excluding carboxylic acids is 4. The van der Waals surface area contributed by atoms with Crippen molar-refractivity contribution < 1.29 is 53.1 Å². The molecule has 1 amide bonds. The molecule has 0 spiro atoms. The minimum atomic E-state index is -1.54. The maximum Gasteiger partial charge on any atom is 0.410 e. The number of hydrogen-bond acceptors (Lipinski definition) is 12. The van der Waals surface area contributed by atoms with E-state index in [2.05, 4.69) is 18.7 Å². The fraction of sp³-hybridized carbons (Fsp3) is 0.750. The number of piperazine rings is 1. The Kier molecular flexibility index (Phi) is 16.1. The number of carbonyl (C=O) groups is 4. The number of epoxide rings is 1. The molecule has 0 aromatic rings. The van der Waals surface area contributed by atoms with Crippen LogP contribution in [0.2, 0.25) is 0 Å². The molecule has 13 heteroatoms. The van der Waals surface area contributed by atoms with Gasteiger partial charge in [-0.1, -0.05) is 45.1 Å². The van der Waals surface area contributed by atoms with Crippen LogP contribution in [0.15, 0.2) is 36.0 Å². The van der Waals surface area contributed by atoms with E-state index in [0.717, 1.165) is 13.1 Å². The van der Waals surface area contributed by atoms with Crippen LogP contribution < -0.4 is 0 Å². The van der Waals surface area contributed by atoms with Crippen molar-refractivity contribution in [1.29, 1.82) is 0 Å². The fourth-order valence-corrected chi connectivity index (χ4v) is 7.13. The van der Waals surface area contributed by atoms with Gasteiger partial charge in [0, 0.05) is 64.3 Å². The highest BCUT2D eigenvalue weighted by molar-refractivity contribution is 5.72. The number of hydrogen-bond donors (Lipinski definition) is 2. The van der Waals surface area contributed by atoms with E-state index in [9.17, 15) is 29.4 Å². The summed E-state index contributed by atoms with van der Waals surface area (Å²) in [4.78, 5) is 54.0. The third-order valence-electron chi connectivity index (χ3n) is 10.5. The van der Waals surface area contributed by atoms with Gasteiger partial charge in [-0.25, -0.2) is 4.79 Å². The van der Waals surface area contributed by atoms with Crippen LogP contribution in [0.25, 0.3) is 0 Å². The van der Waals surface area contributed by atoms with Gasteiger partial charge >= 0.3 is 24.0 Å². The van der Waals surface area contributed by atoms with Gasteiger partial charge in [-0.15, -0.1) is 0 Å². The van der Waals surface area contributed by atoms with Crippen molar-refractivity contribution >= 4 is 24.0 Å². The lowest BCUT2D eigenvalue weighted by Gasteiger charge is -2.38. The van der Waals surface area contributed by atoms with Crippen molar-refractivity contribution in [2.75, 3.05) is 26.2 Å². The van der Waals surface area contributed by atoms with E-state index >= 15 is 0 Å². The summed E-state index contributed by atoms with van der Waals surface area (Å²) in [5.74, 6) is -1.91. The maximum absolute atomic E-state index is 13.4. The van der Waals surface area contributed by atoms with Crippen LogP contribution in [0.1, 0.15) is 101 Å². The number of aliphatic hydroxyl groups is 2. The van der Waals surface area contributed by atoms with Crippen molar-refractivity contribution in [2.24, 2.45) is 11.8 Å². The van der Waals surface area contributed by atoms with Gasteiger partial charge in [0.05, 0.1) is 24.2 Å². The zero-order valence-corrected chi connectivity index (χ0v) is 33.4. The Bertz CT molecular complexity index is 1350. The third-order valence-corrected chi connectivity index (χ3v) is 10.5. The topological polar surface area (TPSA) is 165 Å². The first-order valence-electron chi connectivity index (χ1n) is 19.1. The molecule has 2 fully saturated rings. The molecule has 300 valence electrons. The zero-order chi connectivity index (χ0) is 39.7. The van der Waals surface area contributed by atoms with Gasteiger partial charge in [0.2, 0.25) is 0 Å². The first-order valence-corrected chi connectivity index (χ1v) is 19.1. The first-order chi connectivity index (χ1) is 24.7. The van der Waals surface area contributed by atoms with Crippen LogP contribution in [0.3, 0.4) is 0 Å². The van der Waals surface area contributed by atoms with Gasteiger partial charge < -0.3 is 38.8 Å². The van der Waals surface area contributed by atoms with Crippen LogP contribution >= 0.6 is 0 Å². The molecule has 0 saturated carbocycles. The predicted molar refractivity (Wildman–Crippen MR) is 199 cm³/mol. The summed E-state index contributed by atoms with van der Waals surface area (Å²) < 4.78 is 28.7. The number of ether oxygens (including phenoxy) is 5. The second-order valence-corrected chi connectivity index (χ2v) is 15.8. The molecule has 0 aliphatic carbocycles. The lowest BCUT2D eigenvalue weighted by molar-refractivity contribution is -0.158. The minimum Gasteiger partial charge on any atom is -0.462 e. The molecule has 3 aliphatic rings. The van der Waals surface area contributed by atoms with Crippen LogP contribution in [-0.4, -0.2) is 124 Å². The minimum absolute atomic E-state index is 0.0196. The Morgan fingerprint density at radius 2 is 1.74 bits per heavy atom. The van der Waals surface area contributed by atoms with Crippen molar-refractivity contribution in [1.82, 2.24) is 9.80 Å². The molecule has 0 aromatic carbocycles. The Morgan fingerprint density at radius 3 is 2.32 bits per heavy atom. The van der Waals surface area contributed by atoms with Crippen LogP contribution in [0, 0.1) is 11.8 Å². The molecule has 3 rings (SSSR count). The van der Waals surface area contributed by atoms with E-state index in [1.807, 2.05) is 27.7 Å². The first kappa shape index (κ1) is 44.1. The summed E-state index contributed by atoms with van der Waals surface area (Å²) in [6.07, 6.45) is 5.78. The summed E-state index contributed by atoms with van der Waals surface area (Å²) >= 11 is 0. The summed E-state index contributed by atoms with van der Waals surface area (Å²) in [6.45, 7) is 20.2. The maximum atomic E-state index is 13.4. The van der Waals surface area contributed by atoms with Gasteiger partial charge in [-0.2, -0.15) is 0 Å². The molecule has 3 aliphatic heterocycles. The summed E-state index contributed by atoms with van der Waals surface area (Å²) in [6, 6.07) is 0.367. The SMILES string of the molecule is CCC(OC(C)=O)C(C)C1OC1CC(C)(O)/C=C/C=C(\C)C1OC(=O)CC(OC(C)=O)CCC(C)(O)C(OC(=O)N2CCN(C(C)C)CC2)/C=C/C1C. The number of esters is 3. The standard InChI is InChI=1S/C40H64N2O11/c1-11-32(50-30(8)44)28(6)37-33(51-37)24-39(9,47)17-12-13-26(4)36-27(5)14-15-34(52-38(46)42-21-19-41(20-22-42)25(2)3)40(10,48)18-16-31(49-29(7)43)23-35(45)53-36/h12-15,17,25,27-28,31-34,36-37,47-48H,11,16,18-24H2,1-10H3/b15-14+,17-12+,26-13+. The molecule has 0 radical (unpaired) electrons. The average molecular weight is 749 g/mol. The van der Waals surface area contributed by atoms with Gasteiger partial charge in [0.1, 0.15) is 23.9 Å². The van der Waals surface area contributed by atoms with Crippen LogP contribution in [0.4, 0.5) is 4.79 Å². The van der Waals surface area contributed by atoms with Gasteiger partial charge in [0.15, 0.2) is 6.10 Å². The Hall–Kier alpha value is -3.26. The van der Waals surface area contributed by atoms with Gasteiger partial charge in [-0.05, 0) is 65.5 Å². The Labute approximate surface area is 315 Å². The van der Waals surface area contributed by atoms with Gasteiger partial charge in [-0.3, -0.25) is 19.3 Å². The lowest BCUT2D eigenvalue weighted by atomic mass is 9.88. The molecule has 13 nitrogen and oxygen atoms in total. The molecule has 10 unspecified atom stereocenters. The third kappa shape index (κ3) is 13.8. The van der Waals surface area contributed by atoms with Crippen molar-refractivity contribution in [2.45, 2.75) is 155 Å². The van der Waals surface area contributed by atoms with Crippen molar-refractivity contribution in [3.8, 4) is 0 Å². The highest BCUT2D eigenvalue weighted by atomic mass is 16.6. The summed E-state index contributed by atoms with van der Waals surface area (Å²) in [5, 5.41) is 22.8.